The molecule has 0 aromatic rings. The van der Waals surface area contributed by atoms with Crippen molar-refractivity contribution in [3.8, 4) is 0 Å². The van der Waals surface area contributed by atoms with Gasteiger partial charge in [-0.1, -0.05) is 26.0 Å². The number of allylic oxidation sites excluding steroid dienone is 2. The van der Waals surface area contributed by atoms with E-state index in [9.17, 15) is 19.5 Å². The van der Waals surface area contributed by atoms with Gasteiger partial charge in [0, 0.05) is 0 Å². The summed E-state index contributed by atoms with van der Waals surface area (Å²) in [5.41, 5.74) is 0. The number of amides is 2. The van der Waals surface area contributed by atoms with Crippen LogP contribution in [0.5, 0.6) is 0 Å². The molecule has 0 spiro atoms. The first-order chi connectivity index (χ1) is 9.93. The Morgan fingerprint density at radius 1 is 1.14 bits per heavy atom. The number of carbonyl (C=O) groups excluding carboxylic acids is 2. The molecule has 1 heterocycles. The second-order valence-corrected chi connectivity index (χ2v) is 7.23. The normalized spacial score (nSPS) is 44.0. The number of nitrogens with zero attached hydrogens (tertiary/aromatic N) is 1. The van der Waals surface area contributed by atoms with E-state index < -0.39 is 12.0 Å². The molecule has 3 fully saturated rings. The van der Waals surface area contributed by atoms with Crippen molar-refractivity contribution < 1.29 is 19.5 Å². The van der Waals surface area contributed by atoms with Gasteiger partial charge in [-0.15, -0.1) is 0 Å². The lowest BCUT2D eigenvalue weighted by Crippen LogP contribution is -2.48. The van der Waals surface area contributed by atoms with Crippen molar-refractivity contribution in [2.75, 3.05) is 0 Å². The van der Waals surface area contributed by atoms with Gasteiger partial charge in [0.1, 0.15) is 6.04 Å². The van der Waals surface area contributed by atoms with Crippen molar-refractivity contribution in [1.82, 2.24) is 4.90 Å². The largest absolute Gasteiger partial charge is 0.480 e. The Labute approximate surface area is 123 Å². The third-order valence-electron chi connectivity index (χ3n) is 5.86. The summed E-state index contributed by atoms with van der Waals surface area (Å²) in [5.74, 6) is -1.12. The van der Waals surface area contributed by atoms with Crippen LogP contribution in [0.15, 0.2) is 12.2 Å². The first-order valence-corrected chi connectivity index (χ1v) is 7.71. The fourth-order valence-electron chi connectivity index (χ4n) is 4.95. The minimum absolute atomic E-state index is 0.146. The van der Waals surface area contributed by atoms with Crippen molar-refractivity contribution in [2.24, 2.45) is 41.4 Å². The quantitative estimate of drug-likeness (QED) is 0.624. The molecular weight excluding hydrogens is 270 g/mol. The lowest BCUT2D eigenvalue weighted by Gasteiger charge is -2.37. The number of carboxylic acids is 1. The topological polar surface area (TPSA) is 74.7 Å². The number of likely N-dealkylation sites (tertiary alicyclic amines) is 1. The molecular formula is C16H19NO4. The van der Waals surface area contributed by atoms with E-state index in [1.807, 2.05) is 0 Å². The molecule has 2 bridgehead atoms. The Morgan fingerprint density at radius 3 is 2.00 bits per heavy atom. The van der Waals surface area contributed by atoms with Crippen molar-refractivity contribution in [3.63, 3.8) is 0 Å². The van der Waals surface area contributed by atoms with Gasteiger partial charge in [0.05, 0.1) is 11.8 Å². The summed E-state index contributed by atoms with van der Waals surface area (Å²) in [6, 6.07) is -1.04. The van der Waals surface area contributed by atoms with Gasteiger partial charge in [-0.2, -0.15) is 0 Å². The maximum absolute atomic E-state index is 12.8. The van der Waals surface area contributed by atoms with Crippen LogP contribution in [0.2, 0.25) is 0 Å². The molecule has 0 unspecified atom stereocenters. The van der Waals surface area contributed by atoms with Crippen LogP contribution >= 0.6 is 0 Å². The average Bonchev–Trinajstić information content (AvgIpc) is 3.19. The Hall–Kier alpha value is -1.65. The highest BCUT2D eigenvalue weighted by Crippen LogP contribution is 2.65. The molecule has 1 N–H and O–H groups in total. The van der Waals surface area contributed by atoms with Gasteiger partial charge >= 0.3 is 5.97 Å². The zero-order valence-electron chi connectivity index (χ0n) is 12.1. The van der Waals surface area contributed by atoms with Crippen LogP contribution in [0.25, 0.3) is 0 Å². The second-order valence-electron chi connectivity index (χ2n) is 7.23. The van der Waals surface area contributed by atoms with E-state index >= 15 is 0 Å². The lowest BCUT2D eigenvalue weighted by atomic mass is 9.63. The van der Waals surface area contributed by atoms with Gasteiger partial charge in [0.15, 0.2) is 0 Å². The van der Waals surface area contributed by atoms with Gasteiger partial charge in [0.2, 0.25) is 11.8 Å². The molecule has 5 nitrogen and oxygen atoms in total. The smallest absolute Gasteiger partial charge is 0.327 e. The Morgan fingerprint density at radius 2 is 1.62 bits per heavy atom. The van der Waals surface area contributed by atoms with E-state index in [-0.39, 0.29) is 41.4 Å². The standard InChI is InChI=1S/C16H19NO4/c1-6(2)13(16(20)21)17-14(18)11-7-3-4-8(10-5-9(7)10)12(11)15(17)19/h3-4,6-13H,5H2,1-2H3,(H,20,21)/t7-,8-,9-,10+,11+,12+,13+/m0/s1. The summed E-state index contributed by atoms with van der Waals surface area (Å²) >= 11 is 0. The van der Waals surface area contributed by atoms with Gasteiger partial charge < -0.3 is 5.11 Å². The molecule has 7 atom stereocenters. The SMILES string of the molecule is CC(C)[C@H](C(=O)O)N1C(=O)[C@@H]2[C@H]3C=C[C@@H]([C@@H]4C[C@H]34)[C@H]2C1=O. The fraction of sp³-hybridized carbons (Fsp3) is 0.688. The van der Waals surface area contributed by atoms with E-state index in [0.717, 1.165) is 11.3 Å². The highest BCUT2D eigenvalue weighted by Gasteiger charge is 2.68. The maximum Gasteiger partial charge on any atom is 0.327 e. The van der Waals surface area contributed by atoms with E-state index in [2.05, 4.69) is 12.2 Å². The maximum atomic E-state index is 12.8. The van der Waals surface area contributed by atoms with Crippen LogP contribution in [0.3, 0.4) is 0 Å². The Kier molecular flexibility index (Phi) is 2.46. The monoisotopic (exact) mass is 289 g/mol. The van der Waals surface area contributed by atoms with Crippen molar-refractivity contribution in [3.05, 3.63) is 12.2 Å². The third-order valence-corrected chi connectivity index (χ3v) is 5.86. The molecule has 1 saturated heterocycles. The summed E-state index contributed by atoms with van der Waals surface area (Å²) in [6.07, 6.45) is 5.31. The van der Waals surface area contributed by atoms with Crippen molar-refractivity contribution >= 4 is 17.8 Å². The Balaban J connectivity index is 1.73. The van der Waals surface area contributed by atoms with Gasteiger partial charge in [-0.3, -0.25) is 14.5 Å². The molecule has 1 aliphatic heterocycles. The zero-order chi connectivity index (χ0) is 15.0. The number of aliphatic carboxylic acids is 1. The highest BCUT2D eigenvalue weighted by atomic mass is 16.4. The number of rotatable bonds is 3. The second kappa shape index (κ2) is 3.96. The van der Waals surface area contributed by atoms with Gasteiger partial charge in [-0.25, -0.2) is 4.79 Å². The van der Waals surface area contributed by atoms with Crippen LogP contribution in [-0.2, 0) is 14.4 Å². The molecule has 0 radical (unpaired) electrons. The molecule has 0 aromatic carbocycles. The van der Waals surface area contributed by atoms with Crippen LogP contribution in [-0.4, -0.2) is 33.8 Å². The first kappa shape index (κ1) is 13.0. The minimum Gasteiger partial charge on any atom is -0.480 e. The van der Waals surface area contributed by atoms with Crippen LogP contribution in [0.4, 0.5) is 0 Å². The van der Waals surface area contributed by atoms with Crippen LogP contribution in [0.1, 0.15) is 20.3 Å². The predicted molar refractivity (Wildman–Crippen MR) is 72.8 cm³/mol. The van der Waals surface area contributed by atoms with Crippen molar-refractivity contribution in [1.29, 1.82) is 0 Å². The minimum atomic E-state index is -1.09. The summed E-state index contributed by atoms with van der Waals surface area (Å²) in [7, 11) is 0. The number of carbonyl (C=O) groups is 3. The van der Waals surface area contributed by atoms with Gasteiger partial charge in [0.25, 0.3) is 0 Å². The summed E-state index contributed by atoms with van der Waals surface area (Å²) in [6.45, 7) is 3.48. The van der Waals surface area contributed by atoms with E-state index in [4.69, 9.17) is 0 Å². The molecule has 2 saturated carbocycles. The number of hydrogen-bond acceptors (Lipinski definition) is 3. The van der Waals surface area contributed by atoms with Crippen molar-refractivity contribution in [2.45, 2.75) is 26.3 Å². The first-order valence-electron chi connectivity index (χ1n) is 7.71. The number of carboxylic acid groups (broad SMARTS) is 1. The molecule has 21 heavy (non-hydrogen) atoms. The molecule has 4 aliphatic carbocycles. The molecule has 2 amide bonds. The molecule has 112 valence electrons. The zero-order valence-corrected chi connectivity index (χ0v) is 12.1. The lowest BCUT2D eigenvalue weighted by molar-refractivity contribution is -0.157. The number of hydrogen-bond donors (Lipinski definition) is 1. The third kappa shape index (κ3) is 1.49. The fourth-order valence-corrected chi connectivity index (χ4v) is 4.95. The van der Waals surface area contributed by atoms with E-state index in [1.165, 1.54) is 0 Å². The predicted octanol–water partition coefficient (Wildman–Crippen LogP) is 1.15. The van der Waals surface area contributed by atoms with Crippen LogP contribution in [0, 0.1) is 41.4 Å². The Bertz CT molecular complexity index is 545. The van der Waals surface area contributed by atoms with Crippen LogP contribution < -0.4 is 0 Å². The van der Waals surface area contributed by atoms with E-state index in [0.29, 0.717) is 11.8 Å². The highest BCUT2D eigenvalue weighted by molar-refractivity contribution is 6.08. The molecule has 5 aliphatic rings. The molecule has 5 rings (SSSR count). The average molecular weight is 289 g/mol. The van der Waals surface area contributed by atoms with E-state index in [1.54, 1.807) is 13.8 Å². The summed E-state index contributed by atoms with van der Waals surface area (Å²) < 4.78 is 0. The van der Waals surface area contributed by atoms with Gasteiger partial charge in [-0.05, 0) is 36.0 Å². The number of imide groups is 1. The summed E-state index contributed by atoms with van der Waals surface area (Å²) in [5, 5.41) is 9.42. The summed E-state index contributed by atoms with van der Waals surface area (Å²) in [4.78, 5) is 38.1. The molecule has 5 heteroatoms. The molecule has 0 aromatic heterocycles.